The van der Waals surface area contributed by atoms with Crippen molar-refractivity contribution in [2.24, 2.45) is 0 Å². The Kier molecular flexibility index (Phi) is 6.64. The number of carbonyl (C=O) groups excluding carboxylic acids is 1. The fourth-order valence-corrected chi connectivity index (χ4v) is 3.69. The van der Waals surface area contributed by atoms with Crippen molar-refractivity contribution in [2.45, 2.75) is 13.0 Å². The molecule has 1 N–H and O–H groups in total. The molecule has 0 bridgehead atoms. The molecule has 0 heterocycles. The van der Waals surface area contributed by atoms with Gasteiger partial charge in [0, 0.05) is 17.5 Å². The van der Waals surface area contributed by atoms with Gasteiger partial charge in [-0.25, -0.2) is 5.09 Å². The van der Waals surface area contributed by atoms with Gasteiger partial charge in [0.05, 0.1) is 4.92 Å². The summed E-state index contributed by atoms with van der Waals surface area (Å²) in [5.41, 5.74) is -0.0651. The minimum Gasteiger partial charge on any atom is -0.542 e. The second kappa shape index (κ2) is 9.36. The quantitative estimate of drug-likeness (QED) is 0.259. The van der Waals surface area contributed by atoms with Crippen LogP contribution in [0.1, 0.15) is 6.92 Å². The van der Waals surface area contributed by atoms with Crippen LogP contribution in [0.15, 0.2) is 66.7 Å². The molecule has 2 unspecified atom stereocenters. The Bertz CT molecular complexity index is 1010. The van der Waals surface area contributed by atoms with Crippen LogP contribution in [0.2, 0.25) is 0 Å². The summed E-state index contributed by atoms with van der Waals surface area (Å²) in [4.78, 5) is 22.0. The summed E-state index contributed by atoms with van der Waals surface area (Å²) < 4.78 is 16.1. The highest BCUT2D eigenvalue weighted by Crippen LogP contribution is 2.40. The van der Waals surface area contributed by atoms with Crippen LogP contribution < -0.4 is 14.1 Å². The van der Waals surface area contributed by atoms with Crippen LogP contribution in [0.25, 0.3) is 10.8 Å². The molecule has 8 nitrogen and oxygen atoms in total. The highest BCUT2D eigenvalue weighted by molar-refractivity contribution is 7.46. The molecule has 0 fully saturated rings. The van der Waals surface area contributed by atoms with E-state index in [0.717, 1.165) is 10.8 Å². The first-order chi connectivity index (χ1) is 14.0. The van der Waals surface area contributed by atoms with E-state index in [4.69, 9.17) is 17.1 Å². The lowest BCUT2D eigenvalue weighted by atomic mass is 10.1. The van der Waals surface area contributed by atoms with Crippen LogP contribution in [0.3, 0.4) is 0 Å². The van der Waals surface area contributed by atoms with Crippen LogP contribution >= 0.6 is 8.53 Å². The Hall–Kier alpha value is -3.16. The molecule has 3 rings (SSSR count). The molecule has 29 heavy (non-hydrogen) atoms. The van der Waals surface area contributed by atoms with Crippen LogP contribution in [0.5, 0.6) is 11.5 Å². The van der Waals surface area contributed by atoms with Gasteiger partial charge in [0.15, 0.2) is 0 Å². The van der Waals surface area contributed by atoms with E-state index in [0.29, 0.717) is 11.5 Å². The van der Waals surface area contributed by atoms with Gasteiger partial charge in [-0.2, -0.15) is 0 Å². The van der Waals surface area contributed by atoms with Gasteiger partial charge in [0.2, 0.25) is 0 Å². The van der Waals surface area contributed by atoms with E-state index >= 15 is 0 Å². The summed E-state index contributed by atoms with van der Waals surface area (Å²) in [6, 6.07) is 18.0. The van der Waals surface area contributed by atoms with Crippen molar-refractivity contribution in [3.63, 3.8) is 0 Å². The van der Waals surface area contributed by atoms with Crippen molar-refractivity contribution >= 4 is 39.0 Å². The average molecular weight is 410 g/mol. The van der Waals surface area contributed by atoms with Crippen LogP contribution in [-0.4, -0.2) is 25.0 Å². The number of nitrogens with zero attached hydrogens (tertiary/aromatic N) is 1. The lowest BCUT2D eigenvalue weighted by molar-refractivity contribution is -0.384. The van der Waals surface area contributed by atoms with E-state index in [2.05, 4.69) is 9.74 Å². The summed E-state index contributed by atoms with van der Waals surface area (Å²) in [5.74, 6) is 0.200. The van der Waals surface area contributed by atoms with Gasteiger partial charge in [-0.1, -0.05) is 36.4 Å². The van der Waals surface area contributed by atoms with Gasteiger partial charge in [-0.15, -0.1) is 0 Å². The maximum atomic E-state index is 11.7. The van der Waals surface area contributed by atoms with Crippen molar-refractivity contribution < 1.29 is 23.4 Å². The molecule has 0 saturated heterocycles. The van der Waals surface area contributed by atoms with Crippen molar-refractivity contribution in [1.82, 2.24) is 5.09 Å². The van der Waals surface area contributed by atoms with Crippen molar-refractivity contribution in [2.75, 3.05) is 0 Å². The lowest BCUT2D eigenvalue weighted by Gasteiger charge is -2.22. The molecule has 0 aliphatic rings. The lowest BCUT2D eigenvalue weighted by Crippen LogP contribution is -2.33. The van der Waals surface area contributed by atoms with Gasteiger partial charge in [0.1, 0.15) is 17.5 Å². The highest BCUT2D eigenvalue weighted by atomic mass is 31.2. The van der Waals surface area contributed by atoms with Crippen molar-refractivity contribution in [1.29, 1.82) is 0 Å². The van der Waals surface area contributed by atoms with Gasteiger partial charge < -0.3 is 13.7 Å². The maximum absolute atomic E-state index is 11.7. The Balaban J connectivity index is 1.85. The first kappa shape index (κ1) is 20.6. The Morgan fingerprint density at radius 3 is 2.45 bits per heavy atom. The topological polar surface area (TPSA) is 99.9 Å². The molecule has 0 aromatic heterocycles. The zero-order valence-corrected chi connectivity index (χ0v) is 16.2. The second-order valence-electron chi connectivity index (χ2n) is 5.96. The first-order valence-electron chi connectivity index (χ1n) is 8.53. The normalized spacial score (nSPS) is 12.7. The largest absolute Gasteiger partial charge is 0.542 e. The Morgan fingerprint density at radius 2 is 1.76 bits per heavy atom. The fourth-order valence-electron chi connectivity index (χ4n) is 2.47. The number of nitro groups is 1. The number of fused-ring (bicyclic) bond motifs is 1. The molecule has 0 saturated carbocycles. The summed E-state index contributed by atoms with van der Waals surface area (Å²) >= 11 is 0. The monoisotopic (exact) mass is 410 g/mol. The van der Waals surface area contributed by atoms with Crippen LogP contribution in [-0.2, 0) is 9.45 Å². The van der Waals surface area contributed by atoms with Gasteiger partial charge >= 0.3 is 22.5 Å². The molecule has 2 radical (unpaired) electrons. The number of hydrogen-bond acceptors (Lipinski definition) is 7. The molecule has 0 amide bonds. The van der Waals surface area contributed by atoms with E-state index in [9.17, 15) is 14.9 Å². The molecule has 146 valence electrons. The standard InChI is InChI=1S/C19H16BN2O6P/c1-13(19(23)26-20)21-29(27-16-11-9-15(10-12-16)22(24)25)28-18-8-4-6-14-5-2-3-7-17(14)18/h2-13,21H,1H3. The summed E-state index contributed by atoms with van der Waals surface area (Å²) in [7, 11) is 3.08. The van der Waals surface area contributed by atoms with Gasteiger partial charge in [-0.3, -0.25) is 14.9 Å². The number of non-ortho nitro benzene ring substituents is 1. The van der Waals surface area contributed by atoms with E-state index in [1.54, 1.807) is 13.0 Å². The van der Waals surface area contributed by atoms with E-state index < -0.39 is 25.5 Å². The zero-order valence-electron chi connectivity index (χ0n) is 15.3. The molecule has 3 aromatic rings. The molecule has 0 aliphatic carbocycles. The number of rotatable bonds is 8. The number of carbonyl (C=O) groups is 1. The number of benzene rings is 3. The molecule has 3 aromatic carbocycles. The second-order valence-corrected chi connectivity index (χ2v) is 7.09. The predicted molar refractivity (Wildman–Crippen MR) is 110 cm³/mol. The zero-order chi connectivity index (χ0) is 20.8. The molecular formula is C19H16BN2O6P. The molecule has 2 atom stereocenters. The van der Waals surface area contributed by atoms with Crippen LogP contribution in [0.4, 0.5) is 5.69 Å². The molecule has 10 heteroatoms. The van der Waals surface area contributed by atoms with E-state index in [1.165, 1.54) is 24.3 Å². The minimum absolute atomic E-state index is 0.0651. The minimum atomic E-state index is -1.87. The predicted octanol–water partition coefficient (Wildman–Crippen LogP) is 4.04. The van der Waals surface area contributed by atoms with Gasteiger partial charge in [0.25, 0.3) is 5.69 Å². The third kappa shape index (κ3) is 5.22. The number of nitrogens with one attached hydrogen (secondary N) is 1. The maximum Gasteiger partial charge on any atom is 0.382 e. The Labute approximate surface area is 169 Å². The third-order valence-corrected chi connectivity index (χ3v) is 5.27. The average Bonchev–Trinajstić information content (AvgIpc) is 2.73. The summed E-state index contributed by atoms with van der Waals surface area (Å²) in [5, 5.41) is 15.6. The molecule has 0 aliphatic heterocycles. The summed E-state index contributed by atoms with van der Waals surface area (Å²) in [6.07, 6.45) is 0. The summed E-state index contributed by atoms with van der Waals surface area (Å²) in [6.45, 7) is 1.55. The van der Waals surface area contributed by atoms with Crippen molar-refractivity contribution in [3.05, 3.63) is 76.8 Å². The van der Waals surface area contributed by atoms with E-state index in [1.807, 2.05) is 36.4 Å². The highest BCUT2D eigenvalue weighted by Gasteiger charge is 2.24. The molecule has 0 spiro atoms. The third-order valence-electron chi connectivity index (χ3n) is 3.94. The molecular weight excluding hydrogens is 394 g/mol. The fraction of sp³-hybridized carbons (Fsp3) is 0.105. The van der Waals surface area contributed by atoms with E-state index in [-0.39, 0.29) is 5.69 Å². The van der Waals surface area contributed by atoms with Crippen LogP contribution in [0, 0.1) is 10.1 Å². The first-order valence-corrected chi connectivity index (χ1v) is 9.70. The number of nitro benzene ring substituents is 1. The SMILES string of the molecule is [B]OC(=O)C(C)NP(Oc1ccc([N+](=O)[O-])cc1)Oc1cccc2ccccc12. The number of hydrogen-bond donors (Lipinski definition) is 1. The van der Waals surface area contributed by atoms with Crippen molar-refractivity contribution in [3.8, 4) is 11.5 Å². The Morgan fingerprint density at radius 1 is 1.07 bits per heavy atom. The van der Waals surface area contributed by atoms with Gasteiger partial charge in [-0.05, 0) is 30.5 Å². The smallest absolute Gasteiger partial charge is 0.382 e.